The van der Waals surface area contributed by atoms with Crippen molar-refractivity contribution in [3.8, 4) is 0 Å². The lowest BCUT2D eigenvalue weighted by Crippen LogP contribution is -2.68. The second-order valence-corrected chi connectivity index (χ2v) is 5.30. The second kappa shape index (κ2) is 3.05. The second-order valence-electron chi connectivity index (χ2n) is 5.30. The van der Waals surface area contributed by atoms with E-state index in [4.69, 9.17) is 5.11 Å². The van der Waals surface area contributed by atoms with Gasteiger partial charge in [0.1, 0.15) is 5.69 Å². The maximum atomic E-state index is 12.5. The summed E-state index contributed by atoms with van der Waals surface area (Å²) in [6.45, 7) is 0. The standard InChI is InChI=1S/C12H10F3NO2/c13-12(14,15)8-3-1-2-7(16-8)10-4-11(5-10,6-10)9(17)18/h1-3H,4-6H2,(H,17,18). The van der Waals surface area contributed by atoms with E-state index in [1.165, 1.54) is 6.07 Å². The smallest absolute Gasteiger partial charge is 0.433 e. The Hall–Kier alpha value is -1.59. The average Bonchev–Trinajstić information content (AvgIpc) is 2.11. The van der Waals surface area contributed by atoms with Gasteiger partial charge in [-0.1, -0.05) is 6.07 Å². The number of alkyl halides is 3. The molecular formula is C12H10F3NO2. The third-order valence-electron chi connectivity index (χ3n) is 4.07. The zero-order valence-corrected chi connectivity index (χ0v) is 9.29. The predicted molar refractivity (Wildman–Crippen MR) is 54.8 cm³/mol. The van der Waals surface area contributed by atoms with E-state index < -0.39 is 28.7 Å². The summed E-state index contributed by atoms with van der Waals surface area (Å²) >= 11 is 0. The van der Waals surface area contributed by atoms with Gasteiger partial charge in [-0.3, -0.25) is 4.79 Å². The van der Waals surface area contributed by atoms with E-state index in [0.29, 0.717) is 25.0 Å². The fourth-order valence-electron chi connectivity index (χ4n) is 3.17. The minimum absolute atomic E-state index is 0.375. The highest BCUT2D eigenvalue weighted by atomic mass is 19.4. The molecule has 2 bridgehead atoms. The minimum atomic E-state index is -4.45. The summed E-state index contributed by atoms with van der Waals surface area (Å²) < 4.78 is 37.6. The van der Waals surface area contributed by atoms with Crippen LogP contribution >= 0.6 is 0 Å². The van der Waals surface area contributed by atoms with Crippen molar-refractivity contribution in [2.75, 3.05) is 0 Å². The fraction of sp³-hybridized carbons (Fsp3) is 0.500. The molecule has 96 valence electrons. The van der Waals surface area contributed by atoms with Gasteiger partial charge in [0.15, 0.2) is 0 Å². The molecule has 4 rings (SSSR count). The normalized spacial score (nSPS) is 33.5. The van der Waals surface area contributed by atoms with Crippen LogP contribution in [0, 0.1) is 5.41 Å². The van der Waals surface area contributed by atoms with Crippen LogP contribution in [0.2, 0.25) is 0 Å². The number of carboxylic acids is 1. The molecule has 0 radical (unpaired) electrons. The molecule has 0 unspecified atom stereocenters. The van der Waals surface area contributed by atoms with Crippen LogP contribution in [0.25, 0.3) is 0 Å². The molecule has 3 aliphatic carbocycles. The SMILES string of the molecule is O=C(O)C12CC(c3cccc(C(F)(F)F)n3)(C1)C2. The Labute approximate surface area is 101 Å². The molecule has 18 heavy (non-hydrogen) atoms. The summed E-state index contributed by atoms with van der Waals surface area (Å²) in [7, 11) is 0. The molecule has 1 N–H and O–H groups in total. The molecule has 0 spiro atoms. The quantitative estimate of drug-likeness (QED) is 0.886. The van der Waals surface area contributed by atoms with Crippen molar-refractivity contribution in [3.05, 3.63) is 29.6 Å². The zero-order chi connectivity index (χ0) is 13.2. The summed E-state index contributed by atoms with van der Waals surface area (Å²) in [5.41, 5.74) is -1.66. The molecule has 3 nitrogen and oxygen atoms in total. The number of hydrogen-bond donors (Lipinski definition) is 1. The number of nitrogens with zero attached hydrogens (tertiary/aromatic N) is 1. The van der Waals surface area contributed by atoms with Crippen molar-refractivity contribution in [2.24, 2.45) is 5.41 Å². The van der Waals surface area contributed by atoms with Crippen LogP contribution in [0.4, 0.5) is 13.2 Å². The number of carbonyl (C=O) groups is 1. The van der Waals surface area contributed by atoms with Crippen molar-refractivity contribution in [1.29, 1.82) is 0 Å². The highest BCUT2D eigenvalue weighted by Gasteiger charge is 2.73. The lowest BCUT2D eigenvalue weighted by Gasteiger charge is -2.67. The van der Waals surface area contributed by atoms with Gasteiger partial charge in [0.05, 0.1) is 5.41 Å². The first kappa shape index (κ1) is 11.5. The molecule has 3 saturated carbocycles. The number of halogens is 3. The van der Waals surface area contributed by atoms with Gasteiger partial charge < -0.3 is 5.11 Å². The molecule has 0 saturated heterocycles. The van der Waals surface area contributed by atoms with Crippen molar-refractivity contribution in [2.45, 2.75) is 30.9 Å². The van der Waals surface area contributed by atoms with Crippen molar-refractivity contribution < 1.29 is 23.1 Å². The van der Waals surface area contributed by atoms with Crippen LogP contribution in [-0.4, -0.2) is 16.1 Å². The first-order valence-electron chi connectivity index (χ1n) is 5.56. The van der Waals surface area contributed by atoms with Gasteiger partial charge >= 0.3 is 12.1 Å². The molecule has 0 amide bonds. The average molecular weight is 257 g/mol. The van der Waals surface area contributed by atoms with Gasteiger partial charge in [-0.2, -0.15) is 13.2 Å². The molecule has 1 heterocycles. The predicted octanol–water partition coefficient (Wildman–Crippen LogP) is 2.61. The monoisotopic (exact) mass is 257 g/mol. The highest BCUT2D eigenvalue weighted by molar-refractivity contribution is 5.80. The van der Waals surface area contributed by atoms with Crippen LogP contribution in [0.3, 0.4) is 0 Å². The summed E-state index contributed by atoms with van der Waals surface area (Å²) in [5, 5.41) is 8.98. The van der Waals surface area contributed by atoms with Crippen LogP contribution in [0.1, 0.15) is 30.7 Å². The molecule has 0 aliphatic heterocycles. The first-order valence-corrected chi connectivity index (χ1v) is 5.56. The van der Waals surface area contributed by atoms with Gasteiger partial charge in [0.2, 0.25) is 0 Å². The van der Waals surface area contributed by atoms with Gasteiger partial charge in [0.25, 0.3) is 0 Å². The van der Waals surface area contributed by atoms with Crippen LogP contribution in [0.5, 0.6) is 0 Å². The third-order valence-corrected chi connectivity index (χ3v) is 4.07. The van der Waals surface area contributed by atoms with Crippen molar-refractivity contribution >= 4 is 5.97 Å². The Bertz CT molecular complexity index is 519. The van der Waals surface area contributed by atoms with Crippen LogP contribution in [-0.2, 0) is 16.4 Å². The first-order chi connectivity index (χ1) is 8.28. The Kier molecular flexibility index (Phi) is 1.95. The third kappa shape index (κ3) is 1.31. The van der Waals surface area contributed by atoms with Crippen molar-refractivity contribution in [1.82, 2.24) is 4.98 Å². The minimum Gasteiger partial charge on any atom is -0.481 e. The van der Waals surface area contributed by atoms with E-state index in [9.17, 15) is 18.0 Å². The number of aliphatic carboxylic acids is 1. The van der Waals surface area contributed by atoms with E-state index in [1.54, 1.807) is 6.07 Å². The lowest BCUT2D eigenvalue weighted by molar-refractivity contribution is -0.195. The molecule has 0 atom stereocenters. The van der Waals surface area contributed by atoms with E-state index in [-0.39, 0.29) is 0 Å². The van der Waals surface area contributed by atoms with Gasteiger partial charge in [-0.25, -0.2) is 4.98 Å². The fourth-order valence-corrected chi connectivity index (χ4v) is 3.17. The molecule has 3 aliphatic rings. The highest BCUT2D eigenvalue weighted by Crippen LogP contribution is 2.73. The topological polar surface area (TPSA) is 50.2 Å². The van der Waals surface area contributed by atoms with Crippen LogP contribution in [0.15, 0.2) is 18.2 Å². The largest absolute Gasteiger partial charge is 0.481 e. The van der Waals surface area contributed by atoms with Gasteiger partial charge in [-0.15, -0.1) is 0 Å². The Morgan fingerprint density at radius 3 is 2.39 bits per heavy atom. The number of pyridine rings is 1. The lowest BCUT2D eigenvalue weighted by atomic mass is 9.34. The number of aromatic nitrogens is 1. The number of rotatable bonds is 2. The van der Waals surface area contributed by atoms with E-state index >= 15 is 0 Å². The molecule has 1 aromatic heterocycles. The summed E-state index contributed by atoms with van der Waals surface area (Å²) in [5.74, 6) is -0.851. The van der Waals surface area contributed by atoms with E-state index in [2.05, 4.69) is 4.98 Å². The summed E-state index contributed by atoms with van der Waals surface area (Å²) in [4.78, 5) is 14.6. The maximum absolute atomic E-state index is 12.5. The Morgan fingerprint density at radius 2 is 1.89 bits per heavy atom. The van der Waals surface area contributed by atoms with E-state index in [0.717, 1.165) is 6.07 Å². The maximum Gasteiger partial charge on any atom is 0.433 e. The van der Waals surface area contributed by atoms with Crippen LogP contribution < -0.4 is 0 Å². The van der Waals surface area contributed by atoms with Gasteiger partial charge in [0, 0.05) is 11.1 Å². The molecule has 1 aromatic rings. The summed E-state index contributed by atoms with van der Waals surface area (Å²) in [6.07, 6.45) is -3.24. The molecule has 0 aromatic carbocycles. The van der Waals surface area contributed by atoms with E-state index in [1.807, 2.05) is 0 Å². The Morgan fingerprint density at radius 1 is 1.28 bits per heavy atom. The zero-order valence-electron chi connectivity index (χ0n) is 9.29. The molecule has 3 fully saturated rings. The Balaban J connectivity index is 1.87. The summed E-state index contributed by atoms with van der Waals surface area (Å²) in [6, 6.07) is 3.82. The van der Waals surface area contributed by atoms with Crippen molar-refractivity contribution in [3.63, 3.8) is 0 Å². The molecular weight excluding hydrogens is 247 g/mol. The molecule has 6 heteroatoms. The number of hydrogen-bond acceptors (Lipinski definition) is 2. The van der Waals surface area contributed by atoms with Gasteiger partial charge in [-0.05, 0) is 31.4 Å². The number of carboxylic acid groups (broad SMARTS) is 1.